The van der Waals surface area contributed by atoms with Gasteiger partial charge in [-0.05, 0) is 42.1 Å². The smallest absolute Gasteiger partial charge is 0.313 e. The fraction of sp³-hybridized carbons (Fsp3) is 0.133. The number of benzene rings is 1. The number of thiophene rings is 1. The molecule has 0 saturated heterocycles. The van der Waals surface area contributed by atoms with Gasteiger partial charge in [-0.25, -0.2) is 0 Å². The number of carbonyl (C=O) groups excluding carboxylic acids is 2. The van der Waals surface area contributed by atoms with Crippen molar-refractivity contribution < 1.29 is 9.59 Å². The molecule has 2 rings (SSSR count). The predicted octanol–water partition coefficient (Wildman–Crippen LogP) is 2.18. The van der Waals surface area contributed by atoms with Crippen molar-refractivity contribution in [3.05, 3.63) is 51.7 Å². The van der Waals surface area contributed by atoms with Crippen molar-refractivity contribution in [2.45, 2.75) is 13.5 Å². The van der Waals surface area contributed by atoms with Gasteiger partial charge in [0.2, 0.25) is 0 Å². The maximum atomic E-state index is 11.8. The van der Waals surface area contributed by atoms with Gasteiger partial charge in [0, 0.05) is 10.6 Å². The van der Waals surface area contributed by atoms with Crippen LogP contribution in [-0.2, 0) is 16.1 Å². The number of nitriles is 1. The van der Waals surface area contributed by atoms with Crippen LogP contribution < -0.4 is 10.6 Å². The number of hydrogen-bond donors (Lipinski definition) is 2. The highest BCUT2D eigenvalue weighted by atomic mass is 32.1. The van der Waals surface area contributed by atoms with Gasteiger partial charge < -0.3 is 10.6 Å². The Bertz CT molecular complexity index is 702. The molecule has 0 unspecified atom stereocenters. The zero-order valence-electron chi connectivity index (χ0n) is 11.3. The molecule has 0 aliphatic heterocycles. The molecule has 1 heterocycles. The molecule has 106 valence electrons. The van der Waals surface area contributed by atoms with Crippen molar-refractivity contribution in [1.82, 2.24) is 5.32 Å². The van der Waals surface area contributed by atoms with E-state index in [0.29, 0.717) is 17.8 Å². The van der Waals surface area contributed by atoms with E-state index in [1.54, 1.807) is 12.1 Å². The summed E-state index contributed by atoms with van der Waals surface area (Å²) in [7, 11) is 0. The number of amides is 2. The second-order valence-corrected chi connectivity index (χ2v) is 5.45. The van der Waals surface area contributed by atoms with E-state index in [1.165, 1.54) is 17.4 Å². The molecule has 0 atom stereocenters. The molecule has 1 aromatic heterocycles. The number of aryl methyl sites for hydroxylation is 1. The highest BCUT2D eigenvalue weighted by Crippen LogP contribution is 2.14. The summed E-state index contributed by atoms with van der Waals surface area (Å²) < 4.78 is 0. The topological polar surface area (TPSA) is 82.0 Å². The third-order valence-electron chi connectivity index (χ3n) is 2.67. The van der Waals surface area contributed by atoms with Gasteiger partial charge in [0.05, 0.1) is 18.2 Å². The number of anilines is 1. The van der Waals surface area contributed by atoms with Gasteiger partial charge in [-0.15, -0.1) is 11.3 Å². The quantitative estimate of drug-likeness (QED) is 0.852. The van der Waals surface area contributed by atoms with Gasteiger partial charge >= 0.3 is 11.8 Å². The normalized spacial score (nSPS) is 9.71. The van der Waals surface area contributed by atoms with Crippen LogP contribution >= 0.6 is 11.3 Å². The molecule has 0 aliphatic rings. The lowest BCUT2D eigenvalue weighted by molar-refractivity contribution is -0.136. The Kier molecular flexibility index (Phi) is 4.69. The molecule has 0 radical (unpaired) electrons. The third kappa shape index (κ3) is 4.16. The summed E-state index contributed by atoms with van der Waals surface area (Å²) >= 11 is 1.51. The monoisotopic (exact) mass is 299 g/mol. The molecular weight excluding hydrogens is 286 g/mol. The maximum absolute atomic E-state index is 11.8. The van der Waals surface area contributed by atoms with Crippen LogP contribution in [-0.4, -0.2) is 11.8 Å². The van der Waals surface area contributed by atoms with Crippen molar-refractivity contribution in [2.24, 2.45) is 0 Å². The summed E-state index contributed by atoms with van der Waals surface area (Å²) in [5.74, 6) is -1.45. The van der Waals surface area contributed by atoms with Gasteiger partial charge in [-0.2, -0.15) is 5.26 Å². The summed E-state index contributed by atoms with van der Waals surface area (Å²) in [6.45, 7) is 2.13. The summed E-state index contributed by atoms with van der Waals surface area (Å²) in [6.07, 6.45) is 0. The summed E-state index contributed by atoms with van der Waals surface area (Å²) in [4.78, 5) is 24.4. The minimum Gasteiger partial charge on any atom is -0.343 e. The largest absolute Gasteiger partial charge is 0.343 e. The number of carbonyl (C=O) groups is 2. The Balaban J connectivity index is 1.96. The van der Waals surface area contributed by atoms with E-state index in [0.717, 1.165) is 10.4 Å². The van der Waals surface area contributed by atoms with Gasteiger partial charge in [0.15, 0.2) is 0 Å². The van der Waals surface area contributed by atoms with Gasteiger partial charge in [-0.1, -0.05) is 6.07 Å². The average molecular weight is 299 g/mol. The van der Waals surface area contributed by atoms with Gasteiger partial charge in [0.25, 0.3) is 0 Å². The van der Waals surface area contributed by atoms with Crippen LogP contribution in [0, 0.1) is 18.3 Å². The van der Waals surface area contributed by atoms with E-state index in [4.69, 9.17) is 5.26 Å². The van der Waals surface area contributed by atoms with Gasteiger partial charge in [0.1, 0.15) is 0 Å². The van der Waals surface area contributed by atoms with Crippen LogP contribution in [0.1, 0.15) is 16.0 Å². The second kappa shape index (κ2) is 6.68. The first-order valence-corrected chi connectivity index (χ1v) is 7.10. The number of nitrogens with one attached hydrogen (secondary N) is 2. The van der Waals surface area contributed by atoms with Gasteiger partial charge in [-0.3, -0.25) is 9.59 Å². The number of rotatable bonds is 3. The Hall–Kier alpha value is -2.65. The van der Waals surface area contributed by atoms with E-state index in [2.05, 4.69) is 10.6 Å². The van der Waals surface area contributed by atoms with Crippen LogP contribution in [0.4, 0.5) is 5.69 Å². The van der Waals surface area contributed by atoms with Crippen LogP contribution in [0.5, 0.6) is 0 Å². The first-order valence-electron chi connectivity index (χ1n) is 6.22. The Morgan fingerprint density at radius 1 is 1.29 bits per heavy atom. The van der Waals surface area contributed by atoms with Crippen molar-refractivity contribution in [3.8, 4) is 6.07 Å². The standard InChI is InChI=1S/C15H13N3O2S/c1-10-5-11(8-16)7-12(6-10)18-15(20)14(19)17-9-13-3-2-4-21-13/h2-7H,9H2,1H3,(H,17,19)(H,18,20). The molecular formula is C15H13N3O2S. The fourth-order valence-electron chi connectivity index (χ4n) is 1.77. The zero-order valence-corrected chi connectivity index (χ0v) is 12.2. The van der Waals surface area contributed by atoms with Crippen LogP contribution in [0.3, 0.4) is 0 Å². The molecule has 0 bridgehead atoms. The second-order valence-electron chi connectivity index (χ2n) is 4.42. The Labute approximate surface area is 126 Å². The van der Waals surface area contributed by atoms with Crippen molar-refractivity contribution in [2.75, 3.05) is 5.32 Å². The van der Waals surface area contributed by atoms with Crippen LogP contribution in [0.15, 0.2) is 35.7 Å². The highest BCUT2D eigenvalue weighted by Gasteiger charge is 2.14. The SMILES string of the molecule is Cc1cc(C#N)cc(NC(=O)C(=O)NCc2cccs2)c1. The highest BCUT2D eigenvalue weighted by molar-refractivity contribution is 7.09. The summed E-state index contributed by atoms with van der Waals surface area (Å²) in [6, 6.07) is 10.7. The maximum Gasteiger partial charge on any atom is 0.313 e. The first-order chi connectivity index (χ1) is 10.1. The lowest BCUT2D eigenvalue weighted by Gasteiger charge is -2.07. The van der Waals surface area contributed by atoms with Crippen molar-refractivity contribution >= 4 is 28.8 Å². The van der Waals surface area contributed by atoms with E-state index in [9.17, 15) is 9.59 Å². The number of hydrogen-bond acceptors (Lipinski definition) is 4. The molecule has 0 aliphatic carbocycles. The average Bonchev–Trinajstić information content (AvgIpc) is 2.97. The van der Waals surface area contributed by atoms with E-state index < -0.39 is 11.8 Å². The van der Waals surface area contributed by atoms with E-state index in [-0.39, 0.29) is 0 Å². The fourth-order valence-corrected chi connectivity index (χ4v) is 2.41. The minimum absolute atomic E-state index is 0.321. The molecule has 0 saturated carbocycles. The predicted molar refractivity (Wildman–Crippen MR) is 80.7 cm³/mol. The minimum atomic E-state index is -0.749. The Morgan fingerprint density at radius 2 is 2.10 bits per heavy atom. The lowest BCUT2D eigenvalue weighted by atomic mass is 10.1. The van der Waals surface area contributed by atoms with Crippen molar-refractivity contribution in [3.63, 3.8) is 0 Å². The lowest BCUT2D eigenvalue weighted by Crippen LogP contribution is -2.34. The summed E-state index contributed by atoms with van der Waals surface area (Å²) in [5.41, 5.74) is 1.70. The molecule has 0 spiro atoms. The molecule has 2 amide bonds. The first kappa shape index (κ1) is 14.8. The molecule has 6 heteroatoms. The molecule has 5 nitrogen and oxygen atoms in total. The van der Waals surface area contributed by atoms with E-state index in [1.807, 2.05) is 30.5 Å². The molecule has 0 fully saturated rings. The van der Waals surface area contributed by atoms with E-state index >= 15 is 0 Å². The zero-order chi connectivity index (χ0) is 15.2. The molecule has 2 N–H and O–H groups in total. The number of nitrogens with zero attached hydrogens (tertiary/aromatic N) is 1. The van der Waals surface area contributed by atoms with Crippen LogP contribution in [0.25, 0.3) is 0 Å². The molecule has 1 aromatic carbocycles. The van der Waals surface area contributed by atoms with Crippen LogP contribution in [0.2, 0.25) is 0 Å². The molecule has 2 aromatic rings. The third-order valence-corrected chi connectivity index (χ3v) is 3.55. The molecule has 21 heavy (non-hydrogen) atoms. The Morgan fingerprint density at radius 3 is 2.76 bits per heavy atom. The van der Waals surface area contributed by atoms with Crippen molar-refractivity contribution in [1.29, 1.82) is 5.26 Å². The summed E-state index contributed by atoms with van der Waals surface area (Å²) in [5, 5.41) is 15.8.